The van der Waals surface area contributed by atoms with Gasteiger partial charge in [-0.2, -0.15) is 0 Å². The average molecular weight is 277 g/mol. The number of aryl methyl sites for hydroxylation is 1. The number of hydrogen-bond donors (Lipinski definition) is 1. The normalized spacial score (nSPS) is 10.2. The van der Waals surface area contributed by atoms with E-state index in [1.165, 1.54) is 18.4 Å². The summed E-state index contributed by atoms with van der Waals surface area (Å²) in [6.07, 6.45) is 1.23. The van der Waals surface area contributed by atoms with Crippen LogP contribution >= 0.6 is 0 Å². The average Bonchev–Trinajstić information content (AvgIpc) is 2.85. The van der Waals surface area contributed by atoms with Crippen LogP contribution < -0.4 is 4.74 Å². The van der Waals surface area contributed by atoms with Crippen molar-refractivity contribution in [2.24, 2.45) is 0 Å². The van der Waals surface area contributed by atoms with Gasteiger partial charge in [0.15, 0.2) is 5.75 Å². The zero-order valence-corrected chi connectivity index (χ0v) is 10.5. The molecule has 1 aromatic heterocycles. The Balaban J connectivity index is 2.25. The minimum absolute atomic E-state index is 0.120. The Morgan fingerprint density at radius 3 is 2.85 bits per heavy atom. The molecule has 0 aliphatic carbocycles. The first-order chi connectivity index (χ1) is 9.50. The first-order valence-electron chi connectivity index (χ1n) is 5.67. The molecular weight excluding hydrogens is 266 g/mol. The lowest BCUT2D eigenvalue weighted by molar-refractivity contribution is -0.386. The van der Waals surface area contributed by atoms with E-state index in [1.54, 1.807) is 19.1 Å². The zero-order valence-electron chi connectivity index (χ0n) is 10.5. The number of nitrogens with zero attached hydrogens (tertiary/aromatic N) is 1. The smallest absolute Gasteiger partial charge is 0.372 e. The predicted octanol–water partition coefficient (Wildman–Crippen LogP) is 2.77. The molecule has 20 heavy (non-hydrogen) atoms. The summed E-state index contributed by atoms with van der Waals surface area (Å²) >= 11 is 0. The van der Waals surface area contributed by atoms with Crippen molar-refractivity contribution in [3.8, 4) is 5.75 Å². The largest absolute Gasteiger partial charge is 0.482 e. The molecule has 0 atom stereocenters. The van der Waals surface area contributed by atoms with E-state index < -0.39 is 10.9 Å². The van der Waals surface area contributed by atoms with Gasteiger partial charge in [-0.1, -0.05) is 12.1 Å². The number of carboxylic acid groups (broad SMARTS) is 1. The highest BCUT2D eigenvalue weighted by molar-refractivity contribution is 5.86. The monoisotopic (exact) mass is 277 g/mol. The van der Waals surface area contributed by atoms with Crippen LogP contribution in [0.2, 0.25) is 0 Å². The van der Waals surface area contributed by atoms with Crippen LogP contribution in [0.1, 0.15) is 21.7 Å². The molecule has 1 heterocycles. The molecule has 1 aromatic carbocycles. The van der Waals surface area contributed by atoms with E-state index in [1.807, 2.05) is 0 Å². The summed E-state index contributed by atoms with van der Waals surface area (Å²) in [5.74, 6) is -1.33. The van der Waals surface area contributed by atoms with Crippen molar-refractivity contribution in [1.82, 2.24) is 0 Å². The van der Waals surface area contributed by atoms with Gasteiger partial charge in [0.05, 0.1) is 11.2 Å². The van der Waals surface area contributed by atoms with E-state index >= 15 is 0 Å². The van der Waals surface area contributed by atoms with E-state index in [4.69, 9.17) is 14.3 Å². The van der Waals surface area contributed by atoms with Gasteiger partial charge in [0.25, 0.3) is 0 Å². The number of rotatable bonds is 5. The minimum Gasteiger partial charge on any atom is -0.482 e. The fourth-order valence-corrected chi connectivity index (χ4v) is 1.76. The van der Waals surface area contributed by atoms with Crippen molar-refractivity contribution in [1.29, 1.82) is 0 Å². The standard InChI is InChI=1S/C13H11NO6/c1-8-3-2-4-10(14(17)18)11(8)20-7-9-5-6-19-12(9)13(15)16/h2-6H,7H2,1H3,(H,15,16). The minimum atomic E-state index is -1.21. The lowest BCUT2D eigenvalue weighted by Gasteiger charge is -2.08. The highest BCUT2D eigenvalue weighted by Gasteiger charge is 2.19. The predicted molar refractivity (Wildman–Crippen MR) is 67.8 cm³/mol. The Morgan fingerprint density at radius 2 is 2.20 bits per heavy atom. The van der Waals surface area contributed by atoms with Gasteiger partial charge in [0.1, 0.15) is 6.61 Å². The molecule has 0 saturated heterocycles. The molecule has 0 radical (unpaired) electrons. The van der Waals surface area contributed by atoms with Crippen LogP contribution in [0.15, 0.2) is 34.9 Å². The van der Waals surface area contributed by atoms with Crippen LogP contribution in [0.25, 0.3) is 0 Å². The van der Waals surface area contributed by atoms with Crippen LogP contribution in [0, 0.1) is 17.0 Å². The van der Waals surface area contributed by atoms with Crippen LogP contribution in [0.3, 0.4) is 0 Å². The highest BCUT2D eigenvalue weighted by Crippen LogP contribution is 2.31. The van der Waals surface area contributed by atoms with Gasteiger partial charge in [-0.05, 0) is 18.6 Å². The van der Waals surface area contributed by atoms with Gasteiger partial charge >= 0.3 is 11.7 Å². The first-order valence-corrected chi connectivity index (χ1v) is 5.67. The Labute approximate surface area is 113 Å². The van der Waals surface area contributed by atoms with Gasteiger partial charge in [-0.3, -0.25) is 10.1 Å². The first kappa shape index (κ1) is 13.6. The summed E-state index contributed by atoms with van der Waals surface area (Å²) in [6.45, 7) is 1.56. The van der Waals surface area contributed by atoms with E-state index in [0.717, 1.165) is 0 Å². The fourth-order valence-electron chi connectivity index (χ4n) is 1.76. The SMILES string of the molecule is Cc1cccc([N+](=O)[O-])c1OCc1ccoc1C(=O)O. The molecule has 0 aliphatic rings. The summed E-state index contributed by atoms with van der Waals surface area (Å²) in [7, 11) is 0. The second-order valence-corrected chi connectivity index (χ2v) is 4.05. The summed E-state index contributed by atoms with van der Waals surface area (Å²) in [5.41, 5.74) is 0.750. The van der Waals surface area contributed by atoms with E-state index in [0.29, 0.717) is 11.1 Å². The number of ether oxygens (including phenoxy) is 1. The third-order valence-electron chi connectivity index (χ3n) is 2.70. The molecule has 104 valence electrons. The Kier molecular flexibility index (Phi) is 3.69. The van der Waals surface area contributed by atoms with Crippen LogP contribution in [0.4, 0.5) is 5.69 Å². The second-order valence-electron chi connectivity index (χ2n) is 4.05. The number of nitro groups is 1. The summed E-state index contributed by atoms with van der Waals surface area (Å²) in [5, 5.41) is 19.8. The number of para-hydroxylation sites is 1. The number of hydrogen-bond acceptors (Lipinski definition) is 5. The maximum absolute atomic E-state index is 10.9. The van der Waals surface area contributed by atoms with Crippen molar-refractivity contribution in [2.45, 2.75) is 13.5 Å². The molecule has 7 nitrogen and oxygen atoms in total. The lowest BCUT2D eigenvalue weighted by atomic mass is 10.2. The quantitative estimate of drug-likeness (QED) is 0.665. The third kappa shape index (κ3) is 2.61. The van der Waals surface area contributed by atoms with Gasteiger partial charge in [-0.15, -0.1) is 0 Å². The molecule has 0 aliphatic heterocycles. The van der Waals surface area contributed by atoms with Crippen molar-refractivity contribution < 1.29 is 24.0 Å². The number of benzene rings is 1. The zero-order chi connectivity index (χ0) is 14.7. The van der Waals surface area contributed by atoms with Crippen molar-refractivity contribution >= 4 is 11.7 Å². The fraction of sp³-hybridized carbons (Fsp3) is 0.154. The molecule has 0 unspecified atom stereocenters. The van der Waals surface area contributed by atoms with Gasteiger partial charge < -0.3 is 14.3 Å². The maximum atomic E-state index is 10.9. The van der Waals surface area contributed by atoms with E-state index in [2.05, 4.69) is 0 Å². The molecule has 2 rings (SSSR count). The second kappa shape index (κ2) is 5.43. The summed E-state index contributed by atoms with van der Waals surface area (Å²) in [6, 6.07) is 6.01. The molecule has 1 N–H and O–H groups in total. The Morgan fingerprint density at radius 1 is 1.45 bits per heavy atom. The van der Waals surface area contributed by atoms with Gasteiger partial charge in [0, 0.05) is 11.6 Å². The third-order valence-corrected chi connectivity index (χ3v) is 2.70. The van der Waals surface area contributed by atoms with Crippen LogP contribution in [0.5, 0.6) is 5.75 Å². The Hall–Kier alpha value is -2.83. The maximum Gasteiger partial charge on any atom is 0.372 e. The summed E-state index contributed by atoms with van der Waals surface area (Å²) < 4.78 is 10.2. The number of aromatic carboxylic acids is 1. The van der Waals surface area contributed by atoms with Crippen LogP contribution in [-0.2, 0) is 6.61 Å². The number of carbonyl (C=O) groups is 1. The number of nitro benzene ring substituents is 1. The number of furan rings is 1. The van der Waals surface area contributed by atoms with Gasteiger partial charge in [-0.25, -0.2) is 4.79 Å². The summed E-state index contributed by atoms with van der Waals surface area (Å²) in [4.78, 5) is 21.3. The highest BCUT2D eigenvalue weighted by atomic mass is 16.6. The van der Waals surface area contributed by atoms with Crippen LogP contribution in [-0.4, -0.2) is 16.0 Å². The molecule has 7 heteroatoms. The lowest BCUT2D eigenvalue weighted by Crippen LogP contribution is -2.04. The molecular formula is C13H11NO6. The molecule has 0 spiro atoms. The molecule has 0 saturated carbocycles. The molecule has 2 aromatic rings. The Bertz CT molecular complexity index is 661. The van der Waals surface area contributed by atoms with Crippen molar-refractivity contribution in [3.05, 3.63) is 57.5 Å². The van der Waals surface area contributed by atoms with Crippen molar-refractivity contribution in [3.63, 3.8) is 0 Å². The molecule has 0 fully saturated rings. The topological polar surface area (TPSA) is 103 Å². The van der Waals surface area contributed by atoms with E-state index in [-0.39, 0.29) is 23.8 Å². The van der Waals surface area contributed by atoms with Gasteiger partial charge in [0.2, 0.25) is 5.76 Å². The van der Waals surface area contributed by atoms with Crippen molar-refractivity contribution in [2.75, 3.05) is 0 Å². The number of carboxylic acids is 1. The molecule has 0 bridgehead atoms. The van der Waals surface area contributed by atoms with E-state index in [9.17, 15) is 14.9 Å². The molecule has 0 amide bonds.